The summed E-state index contributed by atoms with van der Waals surface area (Å²) >= 11 is 0. The minimum atomic E-state index is 0.118. The van der Waals surface area contributed by atoms with Gasteiger partial charge < -0.3 is 18.7 Å². The quantitative estimate of drug-likeness (QED) is 0.274. The lowest BCUT2D eigenvalue weighted by atomic mass is 9.69. The van der Waals surface area contributed by atoms with Gasteiger partial charge in [-0.25, -0.2) is 0 Å². The van der Waals surface area contributed by atoms with Crippen LogP contribution in [0.5, 0.6) is 17.2 Å². The van der Waals surface area contributed by atoms with Crippen molar-refractivity contribution in [2.75, 3.05) is 49.5 Å². The highest BCUT2D eigenvalue weighted by Gasteiger charge is 2.30. The molecule has 0 aliphatic heterocycles. The highest BCUT2D eigenvalue weighted by molar-refractivity contribution is 5.32. The topological polar surface area (TPSA) is 27.7 Å². The average Bonchev–Trinajstić information content (AvgIpc) is 2.84. The van der Waals surface area contributed by atoms with E-state index in [2.05, 4.69) is 108 Å². The summed E-state index contributed by atoms with van der Waals surface area (Å²) in [5.41, 5.74) is 4.15. The van der Waals surface area contributed by atoms with Gasteiger partial charge in [-0.1, -0.05) is 49.7 Å². The molecular formula is C32H46NO3+. The highest BCUT2D eigenvalue weighted by atomic mass is 16.5. The van der Waals surface area contributed by atoms with Crippen LogP contribution in [0, 0.1) is 5.41 Å². The molecule has 0 aromatic heterocycles. The maximum absolute atomic E-state index is 5.36. The molecule has 0 atom stereocenters. The molecule has 0 N–H and O–H groups in total. The van der Waals surface area contributed by atoms with Crippen molar-refractivity contribution in [1.82, 2.24) is 0 Å². The first-order valence-corrected chi connectivity index (χ1v) is 12.8. The van der Waals surface area contributed by atoms with Gasteiger partial charge in [0, 0.05) is 0 Å². The molecular weight excluding hydrogens is 446 g/mol. The normalized spacial score (nSPS) is 11.3. The molecule has 3 aromatic carbocycles. The van der Waals surface area contributed by atoms with Gasteiger partial charge in [0.1, 0.15) is 17.2 Å². The molecule has 0 heterocycles. The fourth-order valence-electron chi connectivity index (χ4n) is 4.51. The van der Waals surface area contributed by atoms with Crippen LogP contribution in [-0.4, -0.2) is 54.0 Å². The van der Waals surface area contributed by atoms with Crippen LogP contribution in [-0.2, 0) is 19.3 Å². The van der Waals surface area contributed by atoms with Gasteiger partial charge in [0.15, 0.2) is 0 Å². The first-order valence-electron chi connectivity index (χ1n) is 12.8. The average molecular weight is 493 g/mol. The molecule has 0 bridgehead atoms. The molecule has 4 heteroatoms. The first-order chi connectivity index (χ1) is 17.1. The van der Waals surface area contributed by atoms with Gasteiger partial charge in [-0.15, -0.1) is 0 Å². The molecule has 4 nitrogen and oxygen atoms in total. The number of quaternary nitrogens is 1. The lowest BCUT2D eigenvalue weighted by Crippen LogP contribution is -2.29. The van der Waals surface area contributed by atoms with E-state index in [9.17, 15) is 0 Å². The zero-order valence-corrected chi connectivity index (χ0v) is 23.6. The Hall–Kier alpha value is -2.98. The lowest BCUT2D eigenvalue weighted by Gasteiger charge is -2.35. The van der Waals surface area contributed by atoms with Crippen LogP contribution in [0.2, 0.25) is 0 Å². The number of hydrogen-bond donors (Lipinski definition) is 0. The Bertz CT molecular complexity index is 877. The Balaban J connectivity index is 0.000000830. The largest absolute Gasteiger partial charge is 0.497 e. The third-order valence-electron chi connectivity index (χ3n) is 5.99. The van der Waals surface area contributed by atoms with Crippen LogP contribution in [0.3, 0.4) is 0 Å². The molecule has 196 valence electrons. The fraction of sp³-hybridized carbons (Fsp3) is 0.438. The number of ether oxygens (including phenoxy) is 3. The number of benzene rings is 3. The molecule has 3 rings (SSSR count). The summed E-state index contributed by atoms with van der Waals surface area (Å²) in [5, 5.41) is 0. The van der Waals surface area contributed by atoms with E-state index in [-0.39, 0.29) is 5.41 Å². The fourth-order valence-corrected chi connectivity index (χ4v) is 4.51. The molecule has 0 aliphatic rings. The second kappa shape index (κ2) is 13.9. The molecule has 0 saturated carbocycles. The van der Waals surface area contributed by atoms with Crippen molar-refractivity contribution in [3.8, 4) is 17.2 Å². The second-order valence-electron chi connectivity index (χ2n) is 11.0. The van der Waals surface area contributed by atoms with Gasteiger partial charge >= 0.3 is 0 Å². The van der Waals surface area contributed by atoms with Gasteiger partial charge in [-0.05, 0) is 84.2 Å². The second-order valence-corrected chi connectivity index (χ2v) is 11.0. The van der Waals surface area contributed by atoms with Crippen LogP contribution >= 0.6 is 0 Å². The molecule has 0 aliphatic carbocycles. The van der Waals surface area contributed by atoms with Gasteiger partial charge in [-0.2, -0.15) is 0 Å². The summed E-state index contributed by atoms with van der Waals surface area (Å²) in [6.45, 7) is 2.28. The van der Waals surface area contributed by atoms with Crippen molar-refractivity contribution in [1.29, 1.82) is 0 Å². The van der Waals surface area contributed by atoms with E-state index in [1.807, 2.05) is 0 Å². The maximum Gasteiger partial charge on any atom is 0.118 e. The Morgan fingerprint density at radius 2 is 0.778 bits per heavy atom. The smallest absolute Gasteiger partial charge is 0.118 e. The van der Waals surface area contributed by atoms with Crippen molar-refractivity contribution < 1.29 is 18.7 Å². The van der Waals surface area contributed by atoms with E-state index in [0.29, 0.717) is 0 Å². The zero-order chi connectivity index (χ0) is 26.6. The van der Waals surface area contributed by atoms with Crippen LogP contribution in [0.1, 0.15) is 36.5 Å². The zero-order valence-electron chi connectivity index (χ0n) is 23.6. The predicted octanol–water partition coefficient (Wildman–Crippen LogP) is 6.85. The third kappa shape index (κ3) is 10.3. The van der Waals surface area contributed by atoms with Gasteiger partial charge in [0.2, 0.25) is 0 Å². The molecule has 36 heavy (non-hydrogen) atoms. The van der Waals surface area contributed by atoms with Crippen molar-refractivity contribution in [3.63, 3.8) is 0 Å². The third-order valence-corrected chi connectivity index (χ3v) is 5.99. The van der Waals surface area contributed by atoms with Crippen molar-refractivity contribution in [3.05, 3.63) is 89.5 Å². The molecule has 3 aromatic rings. The number of hydrogen-bond acceptors (Lipinski definition) is 3. The highest BCUT2D eigenvalue weighted by Crippen LogP contribution is 2.38. The number of rotatable bonds is 11. The Morgan fingerprint density at radius 1 is 0.528 bits per heavy atom. The van der Waals surface area contributed by atoms with E-state index < -0.39 is 0 Å². The monoisotopic (exact) mass is 492 g/mol. The molecule has 0 amide bonds. The summed E-state index contributed by atoms with van der Waals surface area (Å²) in [6.07, 6.45) is 5.34. The lowest BCUT2D eigenvalue weighted by molar-refractivity contribution is -0.849. The van der Waals surface area contributed by atoms with Crippen LogP contribution in [0.25, 0.3) is 0 Å². The predicted molar refractivity (Wildman–Crippen MR) is 151 cm³/mol. The van der Waals surface area contributed by atoms with Crippen LogP contribution in [0.15, 0.2) is 72.8 Å². The summed E-state index contributed by atoms with van der Waals surface area (Å²) < 4.78 is 17.1. The summed E-state index contributed by atoms with van der Waals surface area (Å²) in [4.78, 5) is 0. The SMILES string of the molecule is CCCC(Cc1ccc(OC)cc1)(Cc1ccc(OC)cc1)Cc1ccc(OC)cc1.C[N+](C)(C)C. The minimum absolute atomic E-state index is 0.118. The van der Waals surface area contributed by atoms with Gasteiger partial charge in [0.05, 0.1) is 49.5 Å². The van der Waals surface area contributed by atoms with E-state index in [1.54, 1.807) is 21.3 Å². The van der Waals surface area contributed by atoms with Crippen molar-refractivity contribution >= 4 is 0 Å². The van der Waals surface area contributed by atoms with E-state index in [4.69, 9.17) is 14.2 Å². The van der Waals surface area contributed by atoms with E-state index >= 15 is 0 Å². The summed E-state index contributed by atoms with van der Waals surface area (Å²) in [7, 11) is 13.6. The molecule has 0 unspecified atom stereocenters. The number of methoxy groups -OCH3 is 3. The Morgan fingerprint density at radius 3 is 0.972 bits per heavy atom. The maximum atomic E-state index is 5.36. The van der Waals surface area contributed by atoms with Crippen molar-refractivity contribution in [2.24, 2.45) is 5.41 Å². The summed E-state index contributed by atoms with van der Waals surface area (Å²) in [6, 6.07) is 25.6. The van der Waals surface area contributed by atoms with E-state index in [0.717, 1.165) is 53.8 Å². The van der Waals surface area contributed by atoms with Crippen LogP contribution < -0.4 is 14.2 Å². The first kappa shape index (κ1) is 29.3. The Kier molecular flexibility index (Phi) is 11.3. The standard InChI is InChI=1S/C28H34O3.C4H12N/c1-5-18-28(19-22-6-12-25(29-2)13-7-22,20-23-8-14-26(30-3)15-9-23)21-24-10-16-27(31-4)17-11-24;1-5(2,3)4/h6-17H,5,18-21H2,1-4H3;1-4H3/q;+1. The van der Waals surface area contributed by atoms with Gasteiger partial charge in [0.25, 0.3) is 0 Å². The van der Waals surface area contributed by atoms with Gasteiger partial charge in [-0.3, -0.25) is 0 Å². The number of nitrogens with zero attached hydrogens (tertiary/aromatic N) is 1. The molecule has 0 saturated heterocycles. The molecule has 0 fully saturated rings. The van der Waals surface area contributed by atoms with E-state index in [1.165, 1.54) is 16.7 Å². The van der Waals surface area contributed by atoms with Crippen LogP contribution in [0.4, 0.5) is 0 Å². The minimum Gasteiger partial charge on any atom is -0.497 e. The summed E-state index contributed by atoms with van der Waals surface area (Å²) in [5.74, 6) is 2.69. The Labute approximate surface area is 219 Å². The molecule has 0 spiro atoms. The molecule has 0 radical (unpaired) electrons. The van der Waals surface area contributed by atoms with Crippen molar-refractivity contribution in [2.45, 2.75) is 39.0 Å².